The minimum atomic E-state index is 0.430. The molecular weight excluding hydrogens is 92.1 g/mol. The van der Waals surface area contributed by atoms with Gasteiger partial charge in [0, 0.05) is 0 Å². The van der Waals surface area contributed by atoms with Gasteiger partial charge in [0.25, 0.3) is 0 Å². The number of ether oxygens (including phenoxy) is 2. The standard InChI is InChI=1S/C5H8O2/c1-2-5-3-6-4-7-5/h2H,3-4H2,1H3/b5-2+. The smallest absolute Gasteiger partial charge is 0.189 e. The average Bonchev–Trinajstić information content (AvgIpc) is 2.14. The van der Waals surface area contributed by atoms with E-state index in [1.165, 1.54) is 0 Å². The summed E-state index contributed by atoms with van der Waals surface area (Å²) in [6.07, 6.45) is 1.91. The predicted octanol–water partition coefficient (Wildman–Crippen LogP) is 0.895. The Morgan fingerprint density at radius 3 is 2.86 bits per heavy atom. The Balaban J connectivity index is 2.41. The van der Waals surface area contributed by atoms with Crippen LogP contribution in [0.15, 0.2) is 11.8 Å². The lowest BCUT2D eigenvalue weighted by Crippen LogP contribution is -1.78. The fourth-order valence-corrected chi connectivity index (χ4v) is 0.468. The van der Waals surface area contributed by atoms with Crippen molar-refractivity contribution in [2.75, 3.05) is 13.4 Å². The van der Waals surface area contributed by atoms with Gasteiger partial charge in [-0.1, -0.05) is 0 Å². The van der Waals surface area contributed by atoms with Crippen LogP contribution in [0.4, 0.5) is 0 Å². The minimum absolute atomic E-state index is 0.430. The van der Waals surface area contributed by atoms with E-state index >= 15 is 0 Å². The van der Waals surface area contributed by atoms with Gasteiger partial charge in [-0.15, -0.1) is 0 Å². The van der Waals surface area contributed by atoms with Crippen LogP contribution < -0.4 is 0 Å². The largest absolute Gasteiger partial charge is 0.470 e. The zero-order valence-corrected chi connectivity index (χ0v) is 4.31. The van der Waals surface area contributed by atoms with Crippen molar-refractivity contribution in [1.82, 2.24) is 0 Å². The van der Waals surface area contributed by atoms with E-state index in [0.717, 1.165) is 5.76 Å². The van der Waals surface area contributed by atoms with Crippen LogP contribution in [0.5, 0.6) is 0 Å². The van der Waals surface area contributed by atoms with Gasteiger partial charge >= 0.3 is 0 Å². The van der Waals surface area contributed by atoms with Gasteiger partial charge in [-0.3, -0.25) is 0 Å². The molecule has 1 rings (SSSR count). The number of rotatable bonds is 0. The zero-order valence-electron chi connectivity index (χ0n) is 4.31. The van der Waals surface area contributed by atoms with Gasteiger partial charge in [0.1, 0.15) is 12.4 Å². The van der Waals surface area contributed by atoms with E-state index in [4.69, 9.17) is 9.47 Å². The van der Waals surface area contributed by atoms with Gasteiger partial charge in [-0.25, -0.2) is 0 Å². The predicted molar refractivity (Wildman–Crippen MR) is 25.7 cm³/mol. The summed E-state index contributed by atoms with van der Waals surface area (Å²) in [4.78, 5) is 0. The van der Waals surface area contributed by atoms with E-state index in [2.05, 4.69) is 0 Å². The molecule has 0 spiro atoms. The highest BCUT2D eigenvalue weighted by atomic mass is 16.7. The lowest BCUT2D eigenvalue weighted by molar-refractivity contribution is 0.0799. The Morgan fingerprint density at radius 2 is 2.57 bits per heavy atom. The summed E-state index contributed by atoms with van der Waals surface area (Å²) < 4.78 is 9.80. The number of hydrogen-bond donors (Lipinski definition) is 0. The molecule has 0 aromatic carbocycles. The molecule has 0 aromatic rings. The Kier molecular flexibility index (Phi) is 1.32. The van der Waals surface area contributed by atoms with Crippen molar-refractivity contribution in [2.24, 2.45) is 0 Å². The molecule has 0 amide bonds. The molecule has 0 saturated carbocycles. The minimum Gasteiger partial charge on any atom is -0.470 e. The van der Waals surface area contributed by atoms with Gasteiger partial charge in [0.2, 0.25) is 0 Å². The van der Waals surface area contributed by atoms with Crippen molar-refractivity contribution in [3.8, 4) is 0 Å². The van der Waals surface area contributed by atoms with Gasteiger partial charge in [-0.2, -0.15) is 0 Å². The van der Waals surface area contributed by atoms with Crippen LogP contribution in [0.25, 0.3) is 0 Å². The second-order valence-corrected chi connectivity index (χ2v) is 1.37. The van der Waals surface area contributed by atoms with E-state index in [9.17, 15) is 0 Å². The van der Waals surface area contributed by atoms with E-state index in [0.29, 0.717) is 13.4 Å². The molecule has 1 saturated heterocycles. The Bertz CT molecular complexity index is 78.1. The first-order valence-corrected chi connectivity index (χ1v) is 2.29. The second kappa shape index (κ2) is 1.98. The molecule has 2 heteroatoms. The molecule has 1 fully saturated rings. The normalized spacial score (nSPS) is 25.6. The molecule has 0 aliphatic carbocycles. The summed E-state index contributed by atoms with van der Waals surface area (Å²) in [5.74, 6) is 0.944. The van der Waals surface area contributed by atoms with E-state index < -0.39 is 0 Å². The van der Waals surface area contributed by atoms with E-state index in [1.807, 2.05) is 13.0 Å². The quantitative estimate of drug-likeness (QED) is 0.450. The first kappa shape index (κ1) is 4.65. The Morgan fingerprint density at radius 1 is 1.71 bits per heavy atom. The molecule has 0 atom stereocenters. The summed E-state index contributed by atoms with van der Waals surface area (Å²) in [6, 6.07) is 0. The average molecular weight is 100 g/mol. The Hall–Kier alpha value is -0.500. The maximum Gasteiger partial charge on any atom is 0.189 e. The molecule has 1 aliphatic rings. The molecule has 0 unspecified atom stereocenters. The van der Waals surface area contributed by atoms with Crippen LogP contribution in [0.3, 0.4) is 0 Å². The summed E-state index contributed by atoms with van der Waals surface area (Å²) in [5, 5.41) is 0. The van der Waals surface area contributed by atoms with Gasteiger partial charge in [0.15, 0.2) is 6.79 Å². The van der Waals surface area contributed by atoms with Gasteiger partial charge < -0.3 is 9.47 Å². The monoisotopic (exact) mass is 100 g/mol. The second-order valence-electron chi connectivity index (χ2n) is 1.37. The molecule has 0 radical (unpaired) electrons. The van der Waals surface area contributed by atoms with Gasteiger partial charge in [-0.05, 0) is 13.0 Å². The lowest BCUT2D eigenvalue weighted by atomic mass is 10.5. The molecule has 2 nitrogen and oxygen atoms in total. The third-order valence-electron chi connectivity index (χ3n) is 0.894. The highest BCUT2D eigenvalue weighted by molar-refractivity contribution is 4.91. The third kappa shape index (κ3) is 0.933. The highest BCUT2D eigenvalue weighted by Crippen LogP contribution is 2.04. The molecule has 1 heterocycles. The van der Waals surface area contributed by atoms with Crippen molar-refractivity contribution in [3.05, 3.63) is 11.8 Å². The summed E-state index contributed by atoms with van der Waals surface area (Å²) in [5.41, 5.74) is 0. The first-order valence-electron chi connectivity index (χ1n) is 2.29. The van der Waals surface area contributed by atoms with Crippen LogP contribution in [0, 0.1) is 0 Å². The van der Waals surface area contributed by atoms with Crippen molar-refractivity contribution in [3.63, 3.8) is 0 Å². The molecular formula is C5H8O2. The summed E-state index contributed by atoms with van der Waals surface area (Å²) in [6.45, 7) is 3.01. The maximum atomic E-state index is 4.94. The van der Waals surface area contributed by atoms with Crippen LogP contribution in [-0.2, 0) is 9.47 Å². The van der Waals surface area contributed by atoms with Crippen molar-refractivity contribution < 1.29 is 9.47 Å². The van der Waals surface area contributed by atoms with Crippen LogP contribution in [0.1, 0.15) is 6.92 Å². The third-order valence-corrected chi connectivity index (χ3v) is 0.894. The summed E-state index contributed by atoms with van der Waals surface area (Å²) in [7, 11) is 0. The molecule has 40 valence electrons. The number of allylic oxidation sites excluding steroid dienone is 1. The zero-order chi connectivity index (χ0) is 5.11. The molecule has 0 aromatic heterocycles. The first-order chi connectivity index (χ1) is 3.43. The Labute approximate surface area is 42.7 Å². The van der Waals surface area contributed by atoms with Gasteiger partial charge in [0.05, 0.1) is 0 Å². The summed E-state index contributed by atoms with van der Waals surface area (Å²) >= 11 is 0. The molecule has 1 aliphatic heterocycles. The van der Waals surface area contributed by atoms with Crippen molar-refractivity contribution in [1.29, 1.82) is 0 Å². The van der Waals surface area contributed by atoms with Crippen LogP contribution in [-0.4, -0.2) is 13.4 Å². The topological polar surface area (TPSA) is 18.5 Å². The molecule has 7 heavy (non-hydrogen) atoms. The molecule has 0 bridgehead atoms. The van der Waals surface area contributed by atoms with E-state index in [-0.39, 0.29) is 0 Å². The lowest BCUT2D eigenvalue weighted by Gasteiger charge is -1.87. The van der Waals surface area contributed by atoms with E-state index in [1.54, 1.807) is 0 Å². The van der Waals surface area contributed by atoms with Crippen LogP contribution in [0.2, 0.25) is 0 Å². The number of hydrogen-bond acceptors (Lipinski definition) is 2. The van der Waals surface area contributed by atoms with Crippen molar-refractivity contribution >= 4 is 0 Å². The van der Waals surface area contributed by atoms with Crippen molar-refractivity contribution in [2.45, 2.75) is 6.92 Å². The fraction of sp³-hybridized carbons (Fsp3) is 0.600. The molecule has 0 N–H and O–H groups in total. The fourth-order valence-electron chi connectivity index (χ4n) is 0.468. The SMILES string of the molecule is C/C=C1\COCO1. The highest BCUT2D eigenvalue weighted by Gasteiger charge is 2.03. The maximum absolute atomic E-state index is 4.94. The van der Waals surface area contributed by atoms with Crippen LogP contribution >= 0.6 is 0 Å².